The molecule has 1 heterocycles. The summed E-state index contributed by atoms with van der Waals surface area (Å²) in [6.07, 6.45) is 1.01. The summed E-state index contributed by atoms with van der Waals surface area (Å²) in [4.78, 5) is 5.51. The molecule has 0 aliphatic heterocycles. The van der Waals surface area contributed by atoms with Crippen molar-refractivity contribution in [2.45, 2.75) is 40.2 Å². The van der Waals surface area contributed by atoms with Gasteiger partial charge in [-0.1, -0.05) is 25.4 Å². The Labute approximate surface area is 151 Å². The van der Waals surface area contributed by atoms with Crippen molar-refractivity contribution < 1.29 is 13.9 Å². The van der Waals surface area contributed by atoms with Crippen LogP contribution in [0.1, 0.15) is 32.6 Å². The van der Waals surface area contributed by atoms with Crippen molar-refractivity contribution in [1.82, 2.24) is 4.98 Å². The Morgan fingerprint density at radius 2 is 1.96 bits per heavy atom. The average Bonchev–Trinajstić information content (AvgIpc) is 2.85. The Balaban J connectivity index is 2.18. The second-order valence-corrected chi connectivity index (χ2v) is 7.92. The van der Waals surface area contributed by atoms with Crippen molar-refractivity contribution in [1.29, 1.82) is 0 Å². The largest absolute Gasteiger partial charge is 0.488 e. The first-order valence-corrected chi connectivity index (χ1v) is 9.25. The summed E-state index contributed by atoms with van der Waals surface area (Å²) in [6.45, 7) is 8.90. The van der Waals surface area contributed by atoms with Crippen LogP contribution in [-0.4, -0.2) is 24.3 Å². The molecule has 0 aliphatic carbocycles. The summed E-state index contributed by atoms with van der Waals surface area (Å²) in [7, 11) is 0. The molecule has 0 saturated carbocycles. The van der Waals surface area contributed by atoms with E-state index in [2.05, 4.69) is 18.8 Å². The van der Waals surface area contributed by atoms with Crippen LogP contribution in [0.3, 0.4) is 0 Å². The van der Waals surface area contributed by atoms with Gasteiger partial charge in [-0.3, -0.25) is 0 Å². The van der Waals surface area contributed by atoms with Gasteiger partial charge in [-0.2, -0.15) is 0 Å². The van der Waals surface area contributed by atoms with Crippen LogP contribution in [0.2, 0.25) is 4.47 Å². The summed E-state index contributed by atoms with van der Waals surface area (Å²) in [6, 6.07) is 4.79. The zero-order valence-corrected chi connectivity index (χ0v) is 16.0. The number of nitrogens with zero attached hydrogens (tertiary/aromatic N) is 1. The zero-order chi connectivity index (χ0) is 17.7. The molecule has 0 atom stereocenters. The molecule has 0 radical (unpaired) electrons. The van der Waals surface area contributed by atoms with Crippen LogP contribution in [-0.2, 0) is 11.2 Å². The summed E-state index contributed by atoms with van der Waals surface area (Å²) >= 11 is 7.56. The monoisotopic (exact) mass is 371 g/mol. The molecule has 0 aliphatic rings. The van der Waals surface area contributed by atoms with Crippen LogP contribution in [0, 0.1) is 11.7 Å². The third-order valence-electron chi connectivity index (χ3n) is 3.26. The topological polar surface area (TPSA) is 31.4 Å². The summed E-state index contributed by atoms with van der Waals surface area (Å²) in [5.74, 6) is 0.305. The van der Waals surface area contributed by atoms with Gasteiger partial charge in [-0.25, -0.2) is 9.37 Å². The Kier molecular flexibility index (Phi) is 7.02. The number of thiazole rings is 1. The molecular formula is C18H23ClFNO2S. The molecule has 1 aromatic heterocycles. The van der Waals surface area contributed by atoms with Crippen molar-refractivity contribution in [3.05, 3.63) is 33.4 Å². The third-order valence-corrected chi connectivity index (χ3v) is 4.44. The summed E-state index contributed by atoms with van der Waals surface area (Å²) in [5, 5.41) is 0. The van der Waals surface area contributed by atoms with Gasteiger partial charge >= 0.3 is 0 Å². The number of ether oxygens (including phenoxy) is 2. The van der Waals surface area contributed by atoms with Crippen molar-refractivity contribution in [3.63, 3.8) is 0 Å². The molecule has 6 heteroatoms. The predicted octanol–water partition coefficient (Wildman–Crippen LogP) is 5.60. The molecule has 0 bridgehead atoms. The highest BCUT2D eigenvalue weighted by molar-refractivity contribution is 7.16. The van der Waals surface area contributed by atoms with Gasteiger partial charge in [0.1, 0.15) is 6.61 Å². The van der Waals surface area contributed by atoms with E-state index < -0.39 is 5.82 Å². The molecule has 132 valence electrons. The maximum absolute atomic E-state index is 14.0. The maximum atomic E-state index is 14.0. The van der Waals surface area contributed by atoms with Gasteiger partial charge in [0.05, 0.1) is 18.4 Å². The predicted molar refractivity (Wildman–Crippen MR) is 97.6 cm³/mol. The molecule has 2 aromatic rings. The number of benzene rings is 1. The molecule has 2 rings (SSSR count). The Morgan fingerprint density at radius 3 is 2.62 bits per heavy atom. The second kappa shape index (κ2) is 8.79. The third kappa shape index (κ3) is 5.43. The minimum absolute atomic E-state index is 0.125. The van der Waals surface area contributed by atoms with E-state index in [1.807, 2.05) is 13.8 Å². The lowest BCUT2D eigenvalue weighted by Gasteiger charge is -2.11. The highest BCUT2D eigenvalue weighted by Crippen LogP contribution is 2.34. The van der Waals surface area contributed by atoms with E-state index >= 15 is 0 Å². The number of halogens is 2. The average molecular weight is 372 g/mol. The van der Waals surface area contributed by atoms with Gasteiger partial charge in [0.2, 0.25) is 0 Å². The van der Waals surface area contributed by atoms with Gasteiger partial charge in [0.15, 0.2) is 16.0 Å². The molecular weight excluding hydrogens is 349 g/mol. The van der Waals surface area contributed by atoms with Crippen LogP contribution >= 0.6 is 22.9 Å². The fraction of sp³-hybridized carbons (Fsp3) is 0.500. The molecule has 0 spiro atoms. The van der Waals surface area contributed by atoms with Gasteiger partial charge in [-0.05, 0) is 44.4 Å². The van der Waals surface area contributed by atoms with Gasteiger partial charge in [-0.15, -0.1) is 11.3 Å². The van der Waals surface area contributed by atoms with Crippen LogP contribution in [0.5, 0.6) is 5.75 Å². The first kappa shape index (κ1) is 19.2. The first-order valence-electron chi connectivity index (χ1n) is 8.06. The summed E-state index contributed by atoms with van der Waals surface area (Å²) in [5.41, 5.74) is 1.62. The lowest BCUT2D eigenvalue weighted by molar-refractivity contribution is 0.0544. The van der Waals surface area contributed by atoms with E-state index in [0.717, 1.165) is 22.6 Å². The molecule has 0 saturated heterocycles. The van der Waals surface area contributed by atoms with E-state index in [-0.39, 0.29) is 11.9 Å². The number of rotatable bonds is 8. The van der Waals surface area contributed by atoms with Crippen LogP contribution < -0.4 is 4.74 Å². The Bertz CT molecular complexity index is 673. The summed E-state index contributed by atoms with van der Waals surface area (Å²) < 4.78 is 25.4. The van der Waals surface area contributed by atoms with Gasteiger partial charge < -0.3 is 9.47 Å². The van der Waals surface area contributed by atoms with Gasteiger partial charge in [0, 0.05) is 10.4 Å². The number of aromatic nitrogens is 1. The fourth-order valence-corrected chi connectivity index (χ4v) is 3.64. The standard InChI is InChI=1S/C18H23ClFNO2S/c1-11(2)9-16-17(21-18(19)24-16)13-5-6-14(20)15(10-13)23-8-7-22-12(3)4/h5-6,10-12H,7-9H2,1-4H3. The lowest BCUT2D eigenvalue weighted by atomic mass is 10.0. The SMILES string of the molecule is CC(C)Cc1sc(Cl)nc1-c1ccc(F)c(OCCOC(C)C)c1. The smallest absolute Gasteiger partial charge is 0.184 e. The van der Waals surface area contributed by atoms with E-state index in [0.29, 0.717) is 23.6 Å². The fourth-order valence-electron chi connectivity index (χ4n) is 2.25. The quantitative estimate of drug-likeness (QED) is 0.565. The Morgan fingerprint density at radius 1 is 1.21 bits per heavy atom. The van der Waals surface area contributed by atoms with Crippen LogP contribution in [0.15, 0.2) is 18.2 Å². The second-order valence-electron chi connectivity index (χ2n) is 6.25. The first-order chi connectivity index (χ1) is 11.4. The van der Waals surface area contributed by atoms with Crippen molar-refractivity contribution in [3.8, 4) is 17.0 Å². The molecule has 0 unspecified atom stereocenters. The van der Waals surface area contributed by atoms with Gasteiger partial charge in [0.25, 0.3) is 0 Å². The zero-order valence-electron chi connectivity index (χ0n) is 14.4. The Hall–Kier alpha value is -1.17. The molecule has 3 nitrogen and oxygen atoms in total. The minimum atomic E-state index is -0.393. The maximum Gasteiger partial charge on any atom is 0.184 e. The highest BCUT2D eigenvalue weighted by atomic mass is 35.5. The van der Waals surface area contributed by atoms with E-state index in [4.69, 9.17) is 21.1 Å². The molecule has 0 fully saturated rings. The van der Waals surface area contributed by atoms with E-state index in [1.165, 1.54) is 17.4 Å². The van der Waals surface area contributed by atoms with E-state index in [1.54, 1.807) is 12.1 Å². The van der Waals surface area contributed by atoms with Crippen molar-refractivity contribution >= 4 is 22.9 Å². The number of hydrogen-bond donors (Lipinski definition) is 0. The minimum Gasteiger partial charge on any atom is -0.488 e. The van der Waals surface area contributed by atoms with Crippen LogP contribution in [0.4, 0.5) is 4.39 Å². The molecule has 24 heavy (non-hydrogen) atoms. The van der Waals surface area contributed by atoms with Crippen LogP contribution in [0.25, 0.3) is 11.3 Å². The van der Waals surface area contributed by atoms with E-state index in [9.17, 15) is 4.39 Å². The molecule has 1 aromatic carbocycles. The molecule has 0 N–H and O–H groups in total. The molecule has 0 amide bonds. The van der Waals surface area contributed by atoms with Crippen molar-refractivity contribution in [2.75, 3.05) is 13.2 Å². The number of hydrogen-bond acceptors (Lipinski definition) is 4. The normalized spacial score (nSPS) is 11.5. The highest BCUT2D eigenvalue weighted by Gasteiger charge is 2.15. The van der Waals surface area contributed by atoms with Crippen molar-refractivity contribution in [2.24, 2.45) is 5.92 Å². The lowest BCUT2D eigenvalue weighted by Crippen LogP contribution is -2.11.